The first-order valence-electron chi connectivity index (χ1n) is 8.59. The number of rotatable bonds is 6. The van der Waals surface area contributed by atoms with E-state index in [1.165, 1.54) is 0 Å². The zero-order valence-corrected chi connectivity index (χ0v) is 14.3. The molecule has 2 aromatic carbocycles. The Bertz CT molecular complexity index is 1020. The van der Waals surface area contributed by atoms with Crippen LogP contribution in [0.15, 0.2) is 73.1 Å². The normalized spacial score (nSPS) is 10.9. The number of carbonyl (C=O) groups excluding carboxylic acids is 1. The van der Waals surface area contributed by atoms with Crippen molar-refractivity contribution in [3.63, 3.8) is 0 Å². The van der Waals surface area contributed by atoms with Gasteiger partial charge in [-0.15, -0.1) is 0 Å². The van der Waals surface area contributed by atoms with Crippen molar-refractivity contribution in [1.82, 2.24) is 14.7 Å². The quantitative estimate of drug-likeness (QED) is 0.584. The second-order valence-electron chi connectivity index (χ2n) is 6.10. The maximum Gasteiger partial charge on any atom is 0.257 e. The Kier molecular flexibility index (Phi) is 4.51. The van der Waals surface area contributed by atoms with Crippen LogP contribution < -0.4 is 10.1 Å². The van der Waals surface area contributed by atoms with Gasteiger partial charge >= 0.3 is 0 Å². The number of ether oxygens (including phenoxy) is 1. The summed E-state index contributed by atoms with van der Waals surface area (Å²) in [4.78, 5) is 16.5. The van der Waals surface area contributed by atoms with Gasteiger partial charge in [0.2, 0.25) is 0 Å². The van der Waals surface area contributed by atoms with Crippen LogP contribution in [0.1, 0.15) is 5.69 Å². The zero-order valence-electron chi connectivity index (χ0n) is 14.3. The molecule has 0 fully saturated rings. The van der Waals surface area contributed by atoms with Gasteiger partial charge in [-0.05, 0) is 35.0 Å². The molecule has 0 aliphatic carbocycles. The summed E-state index contributed by atoms with van der Waals surface area (Å²) in [5, 5.41) is 5.11. The van der Waals surface area contributed by atoms with E-state index in [4.69, 9.17) is 4.74 Å². The summed E-state index contributed by atoms with van der Waals surface area (Å²) in [6.07, 6.45) is 4.62. The highest BCUT2D eigenvalue weighted by Crippen LogP contribution is 2.20. The lowest BCUT2D eigenvalue weighted by Gasteiger charge is -2.08. The second-order valence-corrected chi connectivity index (χ2v) is 6.10. The van der Waals surface area contributed by atoms with Crippen LogP contribution in [0.2, 0.25) is 0 Å². The fourth-order valence-electron chi connectivity index (χ4n) is 2.89. The predicted octanol–water partition coefficient (Wildman–Crippen LogP) is 3.23. The summed E-state index contributed by atoms with van der Waals surface area (Å²) in [6, 6.07) is 19.7. The molecular weight excluding hydrogens is 326 g/mol. The van der Waals surface area contributed by atoms with Crippen molar-refractivity contribution in [2.45, 2.75) is 6.42 Å². The van der Waals surface area contributed by atoms with E-state index in [0.29, 0.717) is 18.7 Å². The van der Waals surface area contributed by atoms with Crippen molar-refractivity contribution in [2.24, 2.45) is 0 Å². The van der Waals surface area contributed by atoms with Crippen LogP contribution in [0.25, 0.3) is 16.4 Å². The minimum Gasteiger partial charge on any atom is -0.484 e. The van der Waals surface area contributed by atoms with Gasteiger partial charge < -0.3 is 14.5 Å². The molecule has 5 nitrogen and oxygen atoms in total. The molecular formula is C21H19N3O2. The van der Waals surface area contributed by atoms with Crippen LogP contribution in [0.3, 0.4) is 0 Å². The van der Waals surface area contributed by atoms with Crippen LogP contribution in [-0.4, -0.2) is 28.4 Å². The predicted molar refractivity (Wildman–Crippen MR) is 101 cm³/mol. The van der Waals surface area contributed by atoms with E-state index < -0.39 is 0 Å². The minimum atomic E-state index is -0.137. The number of amides is 1. The van der Waals surface area contributed by atoms with Gasteiger partial charge in [-0.1, -0.05) is 36.4 Å². The molecule has 4 rings (SSSR count). The third kappa shape index (κ3) is 3.67. The van der Waals surface area contributed by atoms with E-state index in [9.17, 15) is 4.79 Å². The summed E-state index contributed by atoms with van der Waals surface area (Å²) in [5.74, 6) is 0.557. The van der Waals surface area contributed by atoms with E-state index in [1.807, 2.05) is 77.5 Å². The van der Waals surface area contributed by atoms with Gasteiger partial charge in [0, 0.05) is 25.4 Å². The third-order valence-electron chi connectivity index (χ3n) is 4.21. The van der Waals surface area contributed by atoms with Crippen molar-refractivity contribution in [1.29, 1.82) is 0 Å². The van der Waals surface area contributed by atoms with Gasteiger partial charge in [-0.25, -0.2) is 4.98 Å². The summed E-state index contributed by atoms with van der Waals surface area (Å²) >= 11 is 0. The smallest absolute Gasteiger partial charge is 0.257 e. The average Bonchev–Trinajstić information content (AvgIpc) is 3.09. The molecule has 2 heterocycles. The highest BCUT2D eigenvalue weighted by atomic mass is 16.5. The molecule has 130 valence electrons. The Hall–Kier alpha value is -3.34. The molecule has 2 aromatic heterocycles. The Morgan fingerprint density at radius 1 is 1.04 bits per heavy atom. The summed E-state index contributed by atoms with van der Waals surface area (Å²) in [7, 11) is 0. The molecule has 26 heavy (non-hydrogen) atoms. The lowest BCUT2D eigenvalue weighted by molar-refractivity contribution is -0.123. The van der Waals surface area contributed by atoms with E-state index in [-0.39, 0.29) is 12.5 Å². The van der Waals surface area contributed by atoms with Crippen LogP contribution in [0.4, 0.5) is 0 Å². The van der Waals surface area contributed by atoms with E-state index in [2.05, 4.69) is 10.3 Å². The van der Waals surface area contributed by atoms with Crippen molar-refractivity contribution >= 4 is 22.3 Å². The van der Waals surface area contributed by atoms with Gasteiger partial charge in [0.1, 0.15) is 11.4 Å². The Labute approximate surface area is 151 Å². The first kappa shape index (κ1) is 16.1. The van der Waals surface area contributed by atoms with Crippen LogP contribution in [0, 0.1) is 0 Å². The molecule has 0 aliphatic heterocycles. The number of nitrogens with one attached hydrogen (secondary N) is 1. The zero-order chi connectivity index (χ0) is 17.8. The molecule has 0 atom stereocenters. The maximum absolute atomic E-state index is 12.0. The fraction of sp³-hybridized carbons (Fsp3) is 0.143. The van der Waals surface area contributed by atoms with E-state index >= 15 is 0 Å². The first-order valence-corrected chi connectivity index (χ1v) is 8.59. The molecule has 0 aliphatic rings. The van der Waals surface area contributed by atoms with Crippen molar-refractivity contribution < 1.29 is 9.53 Å². The molecule has 0 unspecified atom stereocenters. The highest BCUT2D eigenvalue weighted by Gasteiger charge is 2.05. The standard InChI is InChI=1S/C21H19N3O2/c25-21(15-26-19-9-8-16-5-1-2-6-17(16)13-19)22-11-10-18-14-24-12-4-3-7-20(24)23-18/h1-9,12-14H,10-11,15H2,(H,22,25). The van der Waals surface area contributed by atoms with Crippen molar-refractivity contribution in [3.8, 4) is 5.75 Å². The lowest BCUT2D eigenvalue weighted by Crippen LogP contribution is -2.30. The van der Waals surface area contributed by atoms with E-state index in [1.54, 1.807) is 0 Å². The van der Waals surface area contributed by atoms with Crippen LogP contribution in [0.5, 0.6) is 5.75 Å². The summed E-state index contributed by atoms with van der Waals surface area (Å²) in [6.45, 7) is 0.535. The number of fused-ring (bicyclic) bond motifs is 2. The molecule has 1 N–H and O–H groups in total. The minimum absolute atomic E-state index is 0.00348. The molecule has 0 bridgehead atoms. The number of nitrogens with zero attached hydrogens (tertiary/aromatic N) is 2. The summed E-state index contributed by atoms with van der Waals surface area (Å²) < 4.78 is 7.57. The monoisotopic (exact) mass is 345 g/mol. The molecule has 0 saturated heterocycles. The number of pyridine rings is 1. The molecule has 0 saturated carbocycles. The van der Waals surface area contributed by atoms with Gasteiger partial charge in [0.15, 0.2) is 6.61 Å². The van der Waals surface area contributed by atoms with Gasteiger partial charge in [0.05, 0.1) is 5.69 Å². The van der Waals surface area contributed by atoms with Crippen molar-refractivity contribution in [3.05, 3.63) is 78.8 Å². The Balaban J connectivity index is 1.27. The number of carbonyl (C=O) groups is 1. The van der Waals surface area contributed by atoms with Crippen molar-refractivity contribution in [2.75, 3.05) is 13.2 Å². The number of imidazole rings is 1. The van der Waals surface area contributed by atoms with Gasteiger partial charge in [-0.3, -0.25) is 4.79 Å². The molecule has 0 spiro atoms. The Morgan fingerprint density at radius 2 is 1.88 bits per heavy atom. The van der Waals surface area contributed by atoms with Crippen LogP contribution in [-0.2, 0) is 11.2 Å². The number of benzene rings is 2. The molecule has 4 aromatic rings. The number of hydrogen-bond donors (Lipinski definition) is 1. The summed E-state index contributed by atoms with van der Waals surface area (Å²) in [5.41, 5.74) is 1.86. The van der Waals surface area contributed by atoms with Crippen LogP contribution >= 0.6 is 0 Å². The maximum atomic E-state index is 12.0. The lowest BCUT2D eigenvalue weighted by atomic mass is 10.1. The second kappa shape index (κ2) is 7.27. The van der Waals surface area contributed by atoms with E-state index in [0.717, 1.165) is 22.1 Å². The Morgan fingerprint density at radius 3 is 2.77 bits per heavy atom. The average molecular weight is 345 g/mol. The van der Waals surface area contributed by atoms with Gasteiger partial charge in [-0.2, -0.15) is 0 Å². The molecule has 1 amide bonds. The van der Waals surface area contributed by atoms with Gasteiger partial charge in [0.25, 0.3) is 5.91 Å². The third-order valence-corrected chi connectivity index (χ3v) is 4.21. The largest absolute Gasteiger partial charge is 0.484 e. The number of aromatic nitrogens is 2. The SMILES string of the molecule is O=C(COc1ccc2ccccc2c1)NCCc1cn2ccccc2n1. The highest BCUT2D eigenvalue weighted by molar-refractivity contribution is 5.84. The topological polar surface area (TPSA) is 55.6 Å². The fourth-order valence-corrected chi connectivity index (χ4v) is 2.89. The molecule has 5 heteroatoms. The molecule has 0 radical (unpaired) electrons. The first-order chi connectivity index (χ1) is 12.8. The number of hydrogen-bond acceptors (Lipinski definition) is 3.